The minimum Gasteiger partial charge on any atom is -0.0710 e. The summed E-state index contributed by atoms with van der Waals surface area (Å²) in [5.74, 6) is 1.99. The second-order valence-corrected chi connectivity index (χ2v) is 3.57. The molecule has 0 aromatic rings. The maximum absolute atomic E-state index is 2.32. The molecular formula is C9H14. The van der Waals surface area contributed by atoms with Gasteiger partial charge in [-0.2, -0.15) is 0 Å². The third kappa shape index (κ3) is 0.593. The molecule has 0 N–H and O–H groups in total. The van der Waals surface area contributed by atoms with Crippen molar-refractivity contribution >= 4 is 0 Å². The lowest BCUT2D eigenvalue weighted by atomic mass is 9.94. The number of fused-ring (bicyclic) bond motifs is 2. The highest BCUT2D eigenvalue weighted by Crippen LogP contribution is 2.47. The second kappa shape index (κ2) is 1.62. The third-order valence-electron chi connectivity index (χ3n) is 3.28. The maximum atomic E-state index is 2.32. The highest BCUT2D eigenvalue weighted by molar-refractivity contribution is 5.25. The Morgan fingerprint density at radius 2 is 1.44 bits per heavy atom. The fourth-order valence-electron chi connectivity index (χ4n) is 2.41. The van der Waals surface area contributed by atoms with Gasteiger partial charge in [0, 0.05) is 0 Å². The number of hydrogen-bond donors (Lipinski definition) is 0. The third-order valence-corrected chi connectivity index (χ3v) is 3.28. The zero-order chi connectivity index (χ0) is 6.43. The molecule has 0 aromatic heterocycles. The van der Waals surface area contributed by atoms with Crippen LogP contribution in [-0.2, 0) is 0 Å². The van der Waals surface area contributed by atoms with Gasteiger partial charge in [-0.15, -0.1) is 0 Å². The minimum absolute atomic E-state index is 0.995. The fraction of sp³-hybridized carbons (Fsp3) is 0.778. The first kappa shape index (κ1) is 5.52. The molecule has 2 aliphatic carbocycles. The first-order valence-electron chi connectivity index (χ1n) is 3.96. The summed E-state index contributed by atoms with van der Waals surface area (Å²) in [7, 11) is 0. The number of allylic oxidation sites excluding steroid dienone is 2. The van der Waals surface area contributed by atoms with Crippen LogP contribution in [0.4, 0.5) is 0 Å². The Kier molecular flexibility index (Phi) is 0.992. The molecule has 2 bridgehead atoms. The van der Waals surface area contributed by atoms with Crippen LogP contribution in [0.3, 0.4) is 0 Å². The van der Waals surface area contributed by atoms with Crippen molar-refractivity contribution in [3.63, 3.8) is 0 Å². The highest BCUT2D eigenvalue weighted by Gasteiger charge is 2.34. The van der Waals surface area contributed by atoms with Crippen LogP contribution in [0.1, 0.15) is 33.1 Å². The van der Waals surface area contributed by atoms with Gasteiger partial charge in [-0.05, 0) is 44.9 Å². The van der Waals surface area contributed by atoms with E-state index in [4.69, 9.17) is 0 Å². The molecule has 0 radical (unpaired) electrons. The standard InChI is InChI=1S/C9H14/c1-6-7(2)9-4-3-8(6)5-9/h8-9H,3-5H2,1-2H3/t8-,9+. The molecule has 1 fully saturated rings. The molecule has 50 valence electrons. The fourth-order valence-corrected chi connectivity index (χ4v) is 2.41. The van der Waals surface area contributed by atoms with Crippen LogP contribution in [0, 0.1) is 11.8 Å². The molecular weight excluding hydrogens is 108 g/mol. The van der Waals surface area contributed by atoms with Crippen molar-refractivity contribution < 1.29 is 0 Å². The van der Waals surface area contributed by atoms with E-state index in [0.29, 0.717) is 0 Å². The summed E-state index contributed by atoms with van der Waals surface area (Å²) >= 11 is 0. The Bertz CT molecular complexity index is 147. The largest absolute Gasteiger partial charge is 0.0710 e. The van der Waals surface area contributed by atoms with Gasteiger partial charge in [-0.25, -0.2) is 0 Å². The van der Waals surface area contributed by atoms with Gasteiger partial charge in [0.25, 0.3) is 0 Å². The van der Waals surface area contributed by atoms with Gasteiger partial charge in [0.1, 0.15) is 0 Å². The van der Waals surface area contributed by atoms with Crippen LogP contribution in [0.25, 0.3) is 0 Å². The first-order chi connectivity index (χ1) is 4.29. The zero-order valence-electron chi connectivity index (χ0n) is 6.28. The van der Waals surface area contributed by atoms with E-state index in [1.807, 2.05) is 0 Å². The predicted molar refractivity (Wildman–Crippen MR) is 39.2 cm³/mol. The Hall–Kier alpha value is -0.260. The summed E-state index contributed by atoms with van der Waals surface area (Å²) in [6.45, 7) is 4.64. The minimum atomic E-state index is 0.995. The maximum Gasteiger partial charge on any atom is -0.0197 e. The Labute approximate surface area is 57.0 Å². The second-order valence-electron chi connectivity index (χ2n) is 3.57. The Balaban J connectivity index is 2.36. The molecule has 2 atom stereocenters. The zero-order valence-corrected chi connectivity index (χ0v) is 6.28. The van der Waals surface area contributed by atoms with E-state index >= 15 is 0 Å². The summed E-state index contributed by atoms with van der Waals surface area (Å²) in [6, 6.07) is 0. The van der Waals surface area contributed by atoms with E-state index < -0.39 is 0 Å². The van der Waals surface area contributed by atoms with E-state index in [1.54, 1.807) is 11.1 Å². The summed E-state index contributed by atoms with van der Waals surface area (Å²) in [5.41, 5.74) is 3.43. The van der Waals surface area contributed by atoms with E-state index in [1.165, 1.54) is 19.3 Å². The average Bonchev–Trinajstić information content (AvgIpc) is 2.37. The lowest BCUT2D eigenvalue weighted by Gasteiger charge is -2.12. The van der Waals surface area contributed by atoms with Gasteiger partial charge >= 0.3 is 0 Å². The average molecular weight is 122 g/mol. The molecule has 0 saturated heterocycles. The smallest absolute Gasteiger partial charge is 0.0197 e. The molecule has 0 heterocycles. The van der Waals surface area contributed by atoms with E-state index in [0.717, 1.165) is 11.8 Å². The topological polar surface area (TPSA) is 0 Å². The van der Waals surface area contributed by atoms with Gasteiger partial charge in [-0.1, -0.05) is 11.1 Å². The Morgan fingerprint density at radius 3 is 1.67 bits per heavy atom. The van der Waals surface area contributed by atoms with Crippen LogP contribution < -0.4 is 0 Å². The van der Waals surface area contributed by atoms with Crippen molar-refractivity contribution in [3.05, 3.63) is 11.1 Å². The van der Waals surface area contributed by atoms with Crippen LogP contribution in [0.2, 0.25) is 0 Å². The normalized spacial score (nSPS) is 40.7. The van der Waals surface area contributed by atoms with Gasteiger partial charge in [-0.3, -0.25) is 0 Å². The molecule has 2 rings (SSSR count). The molecule has 1 saturated carbocycles. The van der Waals surface area contributed by atoms with Crippen LogP contribution in [0.5, 0.6) is 0 Å². The highest BCUT2D eigenvalue weighted by atomic mass is 14.4. The van der Waals surface area contributed by atoms with Crippen molar-refractivity contribution in [2.75, 3.05) is 0 Å². The van der Waals surface area contributed by atoms with E-state index in [2.05, 4.69) is 13.8 Å². The lowest BCUT2D eigenvalue weighted by Crippen LogP contribution is -1.96. The van der Waals surface area contributed by atoms with Gasteiger partial charge in [0.2, 0.25) is 0 Å². The molecule has 0 spiro atoms. The monoisotopic (exact) mass is 122 g/mol. The number of hydrogen-bond acceptors (Lipinski definition) is 0. The first-order valence-corrected chi connectivity index (χ1v) is 3.96. The summed E-state index contributed by atoms with van der Waals surface area (Å²) < 4.78 is 0. The van der Waals surface area contributed by atoms with Gasteiger partial charge in [0.15, 0.2) is 0 Å². The van der Waals surface area contributed by atoms with E-state index in [9.17, 15) is 0 Å². The van der Waals surface area contributed by atoms with Crippen molar-refractivity contribution in [3.8, 4) is 0 Å². The van der Waals surface area contributed by atoms with Crippen molar-refractivity contribution in [2.24, 2.45) is 11.8 Å². The molecule has 0 unspecified atom stereocenters. The van der Waals surface area contributed by atoms with Crippen molar-refractivity contribution in [1.82, 2.24) is 0 Å². The summed E-state index contributed by atoms with van der Waals surface area (Å²) in [5, 5.41) is 0. The van der Waals surface area contributed by atoms with Crippen LogP contribution in [0.15, 0.2) is 11.1 Å². The molecule has 2 aliphatic rings. The molecule has 0 amide bonds. The van der Waals surface area contributed by atoms with Crippen molar-refractivity contribution in [2.45, 2.75) is 33.1 Å². The Morgan fingerprint density at radius 1 is 1.00 bits per heavy atom. The lowest BCUT2D eigenvalue weighted by molar-refractivity contribution is 0.648. The van der Waals surface area contributed by atoms with Gasteiger partial charge < -0.3 is 0 Å². The molecule has 0 aliphatic heterocycles. The molecule has 0 nitrogen and oxygen atoms in total. The van der Waals surface area contributed by atoms with Crippen molar-refractivity contribution in [1.29, 1.82) is 0 Å². The van der Waals surface area contributed by atoms with E-state index in [-0.39, 0.29) is 0 Å². The summed E-state index contributed by atoms with van der Waals surface area (Å²) in [6.07, 6.45) is 4.44. The molecule has 0 heteroatoms. The van der Waals surface area contributed by atoms with Crippen LogP contribution >= 0.6 is 0 Å². The molecule has 0 aromatic carbocycles. The summed E-state index contributed by atoms with van der Waals surface area (Å²) in [4.78, 5) is 0. The SMILES string of the molecule is CC1=C(C)[C@H]2CC[C@@H]1C2. The van der Waals surface area contributed by atoms with Crippen LogP contribution in [-0.4, -0.2) is 0 Å². The van der Waals surface area contributed by atoms with Gasteiger partial charge in [0.05, 0.1) is 0 Å². The molecule has 9 heavy (non-hydrogen) atoms. The quantitative estimate of drug-likeness (QED) is 0.433. The predicted octanol–water partition coefficient (Wildman–Crippen LogP) is 2.75. The number of rotatable bonds is 0.